The van der Waals surface area contributed by atoms with Crippen LogP contribution in [0, 0.1) is 0 Å². The van der Waals surface area contributed by atoms with Crippen molar-refractivity contribution in [3.63, 3.8) is 0 Å². The van der Waals surface area contributed by atoms with Crippen molar-refractivity contribution in [2.75, 3.05) is 0 Å². The summed E-state index contributed by atoms with van der Waals surface area (Å²) < 4.78 is 2.46. The van der Waals surface area contributed by atoms with Crippen LogP contribution in [0.3, 0.4) is 0 Å². The molecule has 0 saturated carbocycles. The molecule has 0 atom stereocenters. The Hall–Kier alpha value is -2.07. The van der Waals surface area contributed by atoms with E-state index >= 15 is 0 Å². The third kappa shape index (κ3) is 1.24. The first kappa shape index (κ1) is 9.01. The zero-order valence-electron chi connectivity index (χ0n) is 8.79. The third-order valence-electron chi connectivity index (χ3n) is 2.90. The number of nitrogens with zero attached hydrogens (tertiary/aromatic N) is 3. The van der Waals surface area contributed by atoms with E-state index in [1.54, 1.807) is 17.7 Å². The molecule has 4 heteroatoms. The summed E-state index contributed by atoms with van der Waals surface area (Å²) in [6.45, 7) is 0. The van der Waals surface area contributed by atoms with Crippen molar-refractivity contribution in [2.45, 2.75) is 0 Å². The standard InChI is InChI=1S/C13H7N3S/c1-2-14-6-13-9(1)10-3-8-5-15-7-16-11(8)4-12(10)17-13/h1-7H. The SMILES string of the molecule is c1cc2c(cn1)sc1cc3ncncc3cc12. The van der Waals surface area contributed by atoms with E-state index in [9.17, 15) is 0 Å². The molecule has 0 aliphatic rings. The molecule has 0 radical (unpaired) electrons. The van der Waals surface area contributed by atoms with E-state index in [1.807, 2.05) is 18.6 Å². The van der Waals surface area contributed by atoms with Crippen LogP contribution < -0.4 is 0 Å². The summed E-state index contributed by atoms with van der Waals surface area (Å²) in [6, 6.07) is 6.34. The zero-order chi connectivity index (χ0) is 11.2. The van der Waals surface area contributed by atoms with Crippen LogP contribution in [0.2, 0.25) is 0 Å². The molecule has 0 N–H and O–H groups in total. The van der Waals surface area contributed by atoms with Crippen molar-refractivity contribution in [1.82, 2.24) is 15.0 Å². The molecule has 1 aromatic carbocycles. The summed E-state index contributed by atoms with van der Waals surface area (Å²) in [5.41, 5.74) is 0.993. The van der Waals surface area contributed by atoms with Crippen LogP contribution in [0.15, 0.2) is 43.1 Å². The van der Waals surface area contributed by atoms with Crippen molar-refractivity contribution < 1.29 is 0 Å². The Kier molecular flexibility index (Phi) is 1.70. The first-order valence-electron chi connectivity index (χ1n) is 5.28. The van der Waals surface area contributed by atoms with Gasteiger partial charge in [-0.3, -0.25) is 4.98 Å². The minimum Gasteiger partial charge on any atom is -0.263 e. The molecule has 0 saturated heterocycles. The summed E-state index contributed by atoms with van der Waals surface area (Å²) in [7, 11) is 0. The van der Waals surface area contributed by atoms with Crippen LogP contribution in [0.4, 0.5) is 0 Å². The molecule has 0 unspecified atom stereocenters. The lowest BCUT2D eigenvalue weighted by atomic mass is 10.1. The molecule has 17 heavy (non-hydrogen) atoms. The quantitative estimate of drug-likeness (QED) is 0.470. The van der Waals surface area contributed by atoms with E-state index in [4.69, 9.17) is 0 Å². The number of fused-ring (bicyclic) bond motifs is 4. The summed E-state index contributed by atoms with van der Waals surface area (Å²) >= 11 is 1.75. The van der Waals surface area contributed by atoms with Gasteiger partial charge in [-0.1, -0.05) is 0 Å². The van der Waals surface area contributed by atoms with Gasteiger partial charge in [0.25, 0.3) is 0 Å². The number of pyridine rings is 1. The molecule has 0 fully saturated rings. The molecule has 4 aromatic rings. The Labute approximate surface area is 101 Å². The lowest BCUT2D eigenvalue weighted by Gasteiger charge is -1.96. The van der Waals surface area contributed by atoms with Crippen LogP contribution in [0.25, 0.3) is 31.1 Å². The van der Waals surface area contributed by atoms with Gasteiger partial charge < -0.3 is 0 Å². The van der Waals surface area contributed by atoms with E-state index in [0.717, 1.165) is 10.9 Å². The molecule has 0 spiro atoms. The summed E-state index contributed by atoms with van der Waals surface area (Å²) in [6.07, 6.45) is 7.19. The van der Waals surface area contributed by atoms with Gasteiger partial charge in [0, 0.05) is 39.4 Å². The Morgan fingerprint density at radius 3 is 2.94 bits per heavy atom. The minimum absolute atomic E-state index is 0.993. The molecular weight excluding hydrogens is 230 g/mol. The number of benzene rings is 1. The number of aromatic nitrogens is 3. The first-order valence-corrected chi connectivity index (χ1v) is 6.09. The van der Waals surface area contributed by atoms with Crippen molar-refractivity contribution in [2.24, 2.45) is 0 Å². The monoisotopic (exact) mass is 237 g/mol. The average molecular weight is 237 g/mol. The van der Waals surface area contributed by atoms with E-state index < -0.39 is 0 Å². The molecule has 3 nitrogen and oxygen atoms in total. The Bertz CT molecular complexity index is 845. The fourth-order valence-corrected chi connectivity index (χ4v) is 3.20. The molecular formula is C13H7N3S. The van der Waals surface area contributed by atoms with Gasteiger partial charge >= 0.3 is 0 Å². The highest BCUT2D eigenvalue weighted by molar-refractivity contribution is 7.25. The van der Waals surface area contributed by atoms with E-state index in [-0.39, 0.29) is 0 Å². The summed E-state index contributed by atoms with van der Waals surface area (Å²) in [5.74, 6) is 0. The maximum absolute atomic E-state index is 4.28. The topological polar surface area (TPSA) is 38.7 Å². The Balaban J connectivity index is 2.28. The second-order valence-corrected chi connectivity index (χ2v) is 4.99. The Morgan fingerprint density at radius 2 is 1.94 bits per heavy atom. The highest BCUT2D eigenvalue weighted by Gasteiger charge is 2.06. The van der Waals surface area contributed by atoms with Crippen LogP contribution in [-0.4, -0.2) is 15.0 Å². The lowest BCUT2D eigenvalue weighted by molar-refractivity contribution is 1.22. The van der Waals surface area contributed by atoms with Crippen LogP contribution in [0.1, 0.15) is 0 Å². The fourth-order valence-electron chi connectivity index (χ4n) is 2.11. The van der Waals surface area contributed by atoms with Crippen LogP contribution in [-0.2, 0) is 0 Å². The van der Waals surface area contributed by atoms with Gasteiger partial charge in [0.2, 0.25) is 0 Å². The highest BCUT2D eigenvalue weighted by atomic mass is 32.1. The second kappa shape index (κ2) is 3.21. The van der Waals surface area contributed by atoms with Crippen LogP contribution in [0.5, 0.6) is 0 Å². The van der Waals surface area contributed by atoms with Gasteiger partial charge in [-0.15, -0.1) is 11.3 Å². The third-order valence-corrected chi connectivity index (χ3v) is 4.00. The Morgan fingerprint density at radius 1 is 0.941 bits per heavy atom. The first-order chi connectivity index (χ1) is 8.42. The number of thiophene rings is 1. The van der Waals surface area contributed by atoms with Gasteiger partial charge in [0.05, 0.1) is 10.2 Å². The van der Waals surface area contributed by atoms with Gasteiger partial charge in [-0.05, 0) is 18.2 Å². The van der Waals surface area contributed by atoms with Gasteiger partial charge in [-0.2, -0.15) is 0 Å². The molecule has 0 amide bonds. The second-order valence-electron chi connectivity index (χ2n) is 3.90. The number of hydrogen-bond acceptors (Lipinski definition) is 4. The molecule has 0 bridgehead atoms. The van der Waals surface area contributed by atoms with E-state index in [0.29, 0.717) is 0 Å². The average Bonchev–Trinajstić information content (AvgIpc) is 2.73. The molecule has 3 aromatic heterocycles. The maximum Gasteiger partial charge on any atom is 0.116 e. The van der Waals surface area contributed by atoms with Gasteiger partial charge in [-0.25, -0.2) is 9.97 Å². The highest BCUT2D eigenvalue weighted by Crippen LogP contribution is 2.34. The van der Waals surface area contributed by atoms with Crippen molar-refractivity contribution in [1.29, 1.82) is 0 Å². The van der Waals surface area contributed by atoms with Crippen molar-refractivity contribution in [3.05, 3.63) is 43.1 Å². The van der Waals surface area contributed by atoms with E-state index in [1.165, 1.54) is 20.2 Å². The normalized spacial score (nSPS) is 11.5. The molecule has 3 heterocycles. The fraction of sp³-hybridized carbons (Fsp3) is 0. The van der Waals surface area contributed by atoms with Crippen LogP contribution >= 0.6 is 11.3 Å². The number of hydrogen-bond donors (Lipinski definition) is 0. The van der Waals surface area contributed by atoms with Crippen molar-refractivity contribution >= 4 is 42.4 Å². The maximum atomic E-state index is 4.28. The predicted octanol–water partition coefficient (Wildman–Crippen LogP) is 3.39. The molecule has 4 rings (SSSR count). The van der Waals surface area contributed by atoms with Gasteiger partial charge in [0.1, 0.15) is 6.33 Å². The smallest absolute Gasteiger partial charge is 0.116 e. The van der Waals surface area contributed by atoms with E-state index in [2.05, 4.69) is 33.2 Å². The number of rotatable bonds is 0. The predicted molar refractivity (Wildman–Crippen MR) is 70.2 cm³/mol. The molecule has 80 valence electrons. The largest absolute Gasteiger partial charge is 0.263 e. The summed E-state index contributed by atoms with van der Waals surface area (Å²) in [5, 5.41) is 3.59. The van der Waals surface area contributed by atoms with Crippen molar-refractivity contribution in [3.8, 4) is 0 Å². The minimum atomic E-state index is 0.993. The molecule has 0 aliphatic carbocycles. The lowest BCUT2D eigenvalue weighted by Crippen LogP contribution is -1.79. The zero-order valence-corrected chi connectivity index (χ0v) is 9.61. The molecule has 0 aliphatic heterocycles. The summed E-state index contributed by atoms with van der Waals surface area (Å²) in [4.78, 5) is 12.5. The van der Waals surface area contributed by atoms with Gasteiger partial charge in [0.15, 0.2) is 0 Å².